The van der Waals surface area contributed by atoms with Gasteiger partial charge >= 0.3 is 12.0 Å². The van der Waals surface area contributed by atoms with E-state index in [0.29, 0.717) is 13.0 Å². The van der Waals surface area contributed by atoms with Crippen molar-refractivity contribution in [3.63, 3.8) is 0 Å². The number of carbonyl (C=O) groups is 2. The predicted molar refractivity (Wildman–Crippen MR) is 82.3 cm³/mol. The molecule has 0 aliphatic rings. The van der Waals surface area contributed by atoms with E-state index in [4.69, 9.17) is 5.11 Å². The second-order valence-corrected chi connectivity index (χ2v) is 5.20. The number of nitrogens with one attached hydrogen (secondary N) is 2. The van der Waals surface area contributed by atoms with Gasteiger partial charge in [0.1, 0.15) is 0 Å². The van der Waals surface area contributed by atoms with Gasteiger partial charge in [-0.15, -0.1) is 0 Å². The zero-order valence-electron chi connectivity index (χ0n) is 12.7. The Bertz CT molecular complexity index is 474. The average molecular weight is 292 g/mol. The Hall–Kier alpha value is -2.04. The highest BCUT2D eigenvalue weighted by Crippen LogP contribution is 2.05. The standard InChI is InChI=1S/C16H24N2O3/c1-3-5-14(15(19)20)11-18-16(21)17-9-8-13-7-4-6-12(2)10-13/h4,6-7,10,14H,3,5,8-9,11H2,1-2H3,(H,19,20)(H2,17,18,21). The molecular weight excluding hydrogens is 268 g/mol. The third-order valence-electron chi connectivity index (χ3n) is 3.28. The maximum absolute atomic E-state index is 11.6. The van der Waals surface area contributed by atoms with Crippen molar-refractivity contribution in [1.82, 2.24) is 10.6 Å². The molecule has 0 radical (unpaired) electrons. The third kappa shape index (κ3) is 6.79. The van der Waals surface area contributed by atoms with Gasteiger partial charge in [-0.05, 0) is 25.3 Å². The molecule has 0 aliphatic carbocycles. The summed E-state index contributed by atoms with van der Waals surface area (Å²) in [4.78, 5) is 22.6. The van der Waals surface area contributed by atoms with Crippen LogP contribution in [0.2, 0.25) is 0 Å². The van der Waals surface area contributed by atoms with Crippen LogP contribution in [0.4, 0.5) is 4.79 Å². The molecule has 1 aromatic carbocycles. The predicted octanol–water partition coefficient (Wildman–Crippen LogP) is 2.34. The minimum Gasteiger partial charge on any atom is -0.481 e. The lowest BCUT2D eigenvalue weighted by Gasteiger charge is -2.13. The fraction of sp³-hybridized carbons (Fsp3) is 0.500. The van der Waals surface area contributed by atoms with Gasteiger partial charge in [-0.2, -0.15) is 0 Å². The minimum absolute atomic E-state index is 0.166. The number of carboxylic acids is 1. The molecule has 2 amide bonds. The van der Waals surface area contributed by atoms with Crippen LogP contribution in [0.5, 0.6) is 0 Å². The molecule has 0 saturated heterocycles. The molecule has 1 unspecified atom stereocenters. The summed E-state index contributed by atoms with van der Waals surface area (Å²) >= 11 is 0. The number of benzene rings is 1. The van der Waals surface area contributed by atoms with Crippen LogP contribution in [0, 0.1) is 12.8 Å². The number of hydrogen-bond donors (Lipinski definition) is 3. The number of amides is 2. The van der Waals surface area contributed by atoms with E-state index < -0.39 is 11.9 Å². The summed E-state index contributed by atoms with van der Waals surface area (Å²) in [5.41, 5.74) is 2.37. The second-order valence-electron chi connectivity index (χ2n) is 5.20. The highest BCUT2D eigenvalue weighted by molar-refractivity contribution is 5.75. The Kier molecular flexibility index (Phi) is 7.29. The van der Waals surface area contributed by atoms with E-state index >= 15 is 0 Å². The highest BCUT2D eigenvalue weighted by Gasteiger charge is 2.16. The van der Waals surface area contributed by atoms with Gasteiger partial charge in [0.15, 0.2) is 0 Å². The summed E-state index contributed by atoms with van der Waals surface area (Å²) in [6.45, 7) is 4.65. The van der Waals surface area contributed by atoms with Crippen LogP contribution in [0.1, 0.15) is 30.9 Å². The molecule has 1 rings (SSSR count). The van der Waals surface area contributed by atoms with Crippen LogP contribution < -0.4 is 10.6 Å². The Morgan fingerprint density at radius 3 is 2.67 bits per heavy atom. The first-order chi connectivity index (χ1) is 10.0. The summed E-state index contributed by atoms with van der Waals surface area (Å²) < 4.78 is 0. The zero-order valence-corrected chi connectivity index (χ0v) is 12.7. The van der Waals surface area contributed by atoms with E-state index in [2.05, 4.69) is 16.7 Å². The van der Waals surface area contributed by atoms with E-state index in [9.17, 15) is 9.59 Å². The Labute approximate surface area is 125 Å². The Morgan fingerprint density at radius 1 is 1.29 bits per heavy atom. The van der Waals surface area contributed by atoms with Crippen LogP contribution in [0.15, 0.2) is 24.3 Å². The van der Waals surface area contributed by atoms with Crippen molar-refractivity contribution in [3.8, 4) is 0 Å². The molecule has 0 spiro atoms. The average Bonchev–Trinajstić information content (AvgIpc) is 2.43. The molecule has 0 saturated carbocycles. The van der Waals surface area contributed by atoms with Crippen molar-refractivity contribution in [3.05, 3.63) is 35.4 Å². The summed E-state index contributed by atoms with van der Waals surface area (Å²) in [6, 6.07) is 7.82. The zero-order chi connectivity index (χ0) is 15.7. The van der Waals surface area contributed by atoms with Crippen molar-refractivity contribution in [2.24, 2.45) is 5.92 Å². The van der Waals surface area contributed by atoms with Gasteiger partial charge in [-0.3, -0.25) is 4.79 Å². The molecule has 116 valence electrons. The van der Waals surface area contributed by atoms with Gasteiger partial charge in [0.2, 0.25) is 0 Å². The lowest BCUT2D eigenvalue weighted by Crippen LogP contribution is -2.40. The van der Waals surface area contributed by atoms with Crippen LogP contribution in [-0.4, -0.2) is 30.2 Å². The van der Waals surface area contributed by atoms with E-state index in [-0.39, 0.29) is 12.6 Å². The van der Waals surface area contributed by atoms with Crippen LogP contribution in [0.3, 0.4) is 0 Å². The van der Waals surface area contributed by atoms with Crippen molar-refractivity contribution in [2.75, 3.05) is 13.1 Å². The molecule has 5 nitrogen and oxygen atoms in total. The van der Waals surface area contributed by atoms with E-state index in [0.717, 1.165) is 12.8 Å². The smallest absolute Gasteiger partial charge is 0.314 e. The largest absolute Gasteiger partial charge is 0.481 e. The van der Waals surface area contributed by atoms with E-state index in [1.165, 1.54) is 11.1 Å². The normalized spacial score (nSPS) is 11.7. The van der Waals surface area contributed by atoms with Crippen LogP contribution >= 0.6 is 0 Å². The van der Waals surface area contributed by atoms with E-state index in [1.807, 2.05) is 32.0 Å². The molecule has 21 heavy (non-hydrogen) atoms. The van der Waals surface area contributed by atoms with E-state index in [1.54, 1.807) is 0 Å². The number of carboxylic acid groups (broad SMARTS) is 1. The molecule has 0 heterocycles. The molecule has 0 aromatic heterocycles. The number of aliphatic carboxylic acids is 1. The van der Waals surface area contributed by atoms with Crippen LogP contribution in [0.25, 0.3) is 0 Å². The number of rotatable bonds is 8. The maximum atomic E-state index is 11.6. The summed E-state index contributed by atoms with van der Waals surface area (Å²) in [5, 5.41) is 14.4. The van der Waals surface area contributed by atoms with Gasteiger partial charge in [0, 0.05) is 13.1 Å². The fourth-order valence-electron chi connectivity index (χ4n) is 2.13. The Balaban J connectivity index is 2.26. The number of aryl methyl sites for hydroxylation is 1. The minimum atomic E-state index is -0.864. The Morgan fingerprint density at radius 2 is 2.05 bits per heavy atom. The van der Waals surface area contributed by atoms with Crippen molar-refractivity contribution in [1.29, 1.82) is 0 Å². The first-order valence-corrected chi connectivity index (χ1v) is 7.33. The molecule has 3 N–H and O–H groups in total. The van der Waals surface area contributed by atoms with Crippen molar-refractivity contribution >= 4 is 12.0 Å². The SMILES string of the molecule is CCCC(CNC(=O)NCCc1cccc(C)c1)C(=O)O. The monoisotopic (exact) mass is 292 g/mol. The summed E-state index contributed by atoms with van der Waals surface area (Å²) in [6.07, 6.45) is 2.11. The number of urea groups is 1. The molecule has 0 bridgehead atoms. The van der Waals surface area contributed by atoms with Crippen LogP contribution in [-0.2, 0) is 11.2 Å². The maximum Gasteiger partial charge on any atom is 0.314 e. The van der Waals surface area contributed by atoms with Gasteiger partial charge < -0.3 is 15.7 Å². The van der Waals surface area contributed by atoms with Gasteiger partial charge in [0.25, 0.3) is 0 Å². The van der Waals surface area contributed by atoms with Gasteiger partial charge in [-0.1, -0.05) is 43.2 Å². The summed E-state index contributed by atoms with van der Waals surface area (Å²) in [5.74, 6) is -1.38. The first-order valence-electron chi connectivity index (χ1n) is 7.33. The van der Waals surface area contributed by atoms with Crippen molar-refractivity contribution < 1.29 is 14.7 Å². The lowest BCUT2D eigenvalue weighted by atomic mass is 10.0. The topological polar surface area (TPSA) is 78.4 Å². The quantitative estimate of drug-likeness (QED) is 0.688. The molecule has 1 atom stereocenters. The highest BCUT2D eigenvalue weighted by atomic mass is 16.4. The molecule has 1 aromatic rings. The third-order valence-corrected chi connectivity index (χ3v) is 3.28. The molecular formula is C16H24N2O3. The van der Waals surface area contributed by atoms with Gasteiger partial charge in [0.05, 0.1) is 5.92 Å². The van der Waals surface area contributed by atoms with Crippen molar-refractivity contribution in [2.45, 2.75) is 33.1 Å². The molecule has 0 aliphatic heterocycles. The molecule has 5 heteroatoms. The van der Waals surface area contributed by atoms with Gasteiger partial charge in [-0.25, -0.2) is 4.79 Å². The second kappa shape index (κ2) is 9.00. The number of hydrogen-bond acceptors (Lipinski definition) is 2. The first kappa shape index (κ1) is 17.0. The lowest BCUT2D eigenvalue weighted by molar-refractivity contribution is -0.141. The fourth-order valence-corrected chi connectivity index (χ4v) is 2.13. The molecule has 0 fully saturated rings. The summed E-state index contributed by atoms with van der Waals surface area (Å²) in [7, 11) is 0. The number of carbonyl (C=O) groups excluding carboxylic acids is 1.